The van der Waals surface area contributed by atoms with Gasteiger partial charge in [0.25, 0.3) is 0 Å². The molecule has 39 heavy (non-hydrogen) atoms. The number of benzene rings is 2. The summed E-state index contributed by atoms with van der Waals surface area (Å²) in [6, 6.07) is 8.51. The second-order valence-electron chi connectivity index (χ2n) is 9.81. The molecule has 0 fully saturated rings. The van der Waals surface area contributed by atoms with Crippen LogP contribution in [0, 0.1) is 5.92 Å². The molecule has 3 N–H and O–H groups in total. The lowest BCUT2D eigenvalue weighted by Gasteiger charge is -2.30. The molecular weight excluding hydrogens is 535 g/mol. The zero-order chi connectivity index (χ0) is 29.2. The molecule has 0 aliphatic heterocycles. The minimum absolute atomic E-state index is 0.00606. The molecule has 0 bridgehead atoms. The highest BCUT2D eigenvalue weighted by molar-refractivity contribution is 7.90. The van der Waals surface area contributed by atoms with Crippen molar-refractivity contribution in [1.82, 2.24) is 10.6 Å². The molecule has 3 atom stereocenters. The first-order valence-corrected chi connectivity index (χ1v) is 14.6. The first kappa shape index (κ1) is 32.2. The molecule has 12 heteroatoms. The number of methoxy groups -OCH3 is 2. The molecule has 0 unspecified atom stereocenters. The van der Waals surface area contributed by atoms with Gasteiger partial charge < -0.3 is 20.1 Å². The van der Waals surface area contributed by atoms with Crippen LogP contribution in [0.4, 0.5) is 18.9 Å². The number of amides is 1. The minimum atomic E-state index is -4.64. The third kappa shape index (κ3) is 11.0. The highest BCUT2D eigenvalue weighted by Gasteiger charge is 2.43. The van der Waals surface area contributed by atoms with Gasteiger partial charge in [-0.2, -0.15) is 13.2 Å². The molecule has 8 nitrogen and oxygen atoms in total. The van der Waals surface area contributed by atoms with Gasteiger partial charge in [-0.3, -0.25) is 10.1 Å². The van der Waals surface area contributed by atoms with E-state index in [1.54, 1.807) is 24.3 Å². The zero-order valence-corrected chi connectivity index (χ0v) is 23.7. The molecule has 0 aliphatic rings. The van der Waals surface area contributed by atoms with Crippen LogP contribution in [0.2, 0.25) is 0 Å². The smallest absolute Gasteiger partial charge is 0.407 e. The van der Waals surface area contributed by atoms with Crippen LogP contribution in [0.15, 0.2) is 48.5 Å². The average molecular weight is 574 g/mol. The molecule has 2 rings (SSSR count). The summed E-state index contributed by atoms with van der Waals surface area (Å²) in [6.45, 7) is 3.73. The van der Waals surface area contributed by atoms with E-state index in [0.29, 0.717) is 17.2 Å². The Bertz CT molecular complexity index is 1160. The number of alkyl halides is 3. The fourth-order valence-corrected chi connectivity index (χ4v) is 4.72. The van der Waals surface area contributed by atoms with Crippen LogP contribution in [0.5, 0.6) is 11.5 Å². The van der Waals surface area contributed by atoms with E-state index in [4.69, 9.17) is 9.47 Å². The number of nitrogens with one attached hydrogen (secondary N) is 3. The number of ether oxygens (including phenoxy) is 2. The second kappa shape index (κ2) is 14.4. The van der Waals surface area contributed by atoms with E-state index < -0.39 is 40.0 Å². The monoisotopic (exact) mass is 573 g/mol. The van der Waals surface area contributed by atoms with Gasteiger partial charge in [-0.15, -0.1) is 0 Å². The van der Waals surface area contributed by atoms with E-state index in [1.807, 2.05) is 13.8 Å². The van der Waals surface area contributed by atoms with Gasteiger partial charge in [-0.05, 0) is 36.5 Å². The van der Waals surface area contributed by atoms with E-state index in [1.165, 1.54) is 38.5 Å². The van der Waals surface area contributed by atoms with Gasteiger partial charge in [0.05, 0.1) is 31.7 Å². The lowest BCUT2D eigenvalue weighted by atomic mass is 9.99. The van der Waals surface area contributed by atoms with Gasteiger partial charge in [0.15, 0.2) is 0 Å². The number of hydrogen-bond donors (Lipinski definition) is 3. The molecule has 1 amide bonds. The van der Waals surface area contributed by atoms with Crippen molar-refractivity contribution in [1.29, 1.82) is 0 Å². The molecule has 0 saturated heterocycles. The van der Waals surface area contributed by atoms with Crippen LogP contribution in [-0.4, -0.2) is 65.4 Å². The Balaban J connectivity index is 2.27. The lowest BCUT2D eigenvalue weighted by Crippen LogP contribution is -2.53. The maximum absolute atomic E-state index is 14.0. The standard InChI is InChI=1S/C27H38F3N3O5S/c1-18(2)15-23(33-25(27(28,29)30)19-9-7-6-8-10-19)26(34)32-20(13-14-39(5,35)36)17-31-22-12-11-21(37-3)16-24(22)38-4/h6-12,16,18,20,23,25,31,33H,13-15,17H2,1-5H3,(H,32,34)/t20-,23-,25-/m0/s1. The van der Waals surface area contributed by atoms with E-state index >= 15 is 0 Å². The Kier molecular flexibility index (Phi) is 11.9. The summed E-state index contributed by atoms with van der Waals surface area (Å²) >= 11 is 0. The Hall–Kier alpha value is -2.99. The number of anilines is 1. The highest BCUT2D eigenvalue weighted by Crippen LogP contribution is 2.33. The van der Waals surface area contributed by atoms with Crippen LogP contribution in [0.1, 0.15) is 38.3 Å². The van der Waals surface area contributed by atoms with E-state index in [2.05, 4.69) is 16.0 Å². The van der Waals surface area contributed by atoms with Crippen molar-refractivity contribution in [3.05, 3.63) is 54.1 Å². The lowest BCUT2D eigenvalue weighted by molar-refractivity contribution is -0.161. The predicted octanol–water partition coefficient (Wildman–Crippen LogP) is 4.34. The SMILES string of the molecule is COc1ccc(NC[C@H](CCS(C)(=O)=O)NC(=O)[C@H](CC(C)C)N[C@@H](c2ccccc2)C(F)(F)F)c(OC)c1. The zero-order valence-electron chi connectivity index (χ0n) is 22.8. The summed E-state index contributed by atoms with van der Waals surface area (Å²) in [6.07, 6.45) is -3.35. The number of rotatable bonds is 15. The van der Waals surface area contributed by atoms with Crippen molar-refractivity contribution in [3.8, 4) is 11.5 Å². The largest absolute Gasteiger partial charge is 0.497 e. The minimum Gasteiger partial charge on any atom is -0.497 e. The van der Waals surface area contributed by atoms with E-state index in [9.17, 15) is 26.4 Å². The number of sulfone groups is 1. The molecule has 0 saturated carbocycles. The summed E-state index contributed by atoms with van der Waals surface area (Å²) in [7, 11) is -0.362. The fraction of sp³-hybridized carbons (Fsp3) is 0.519. The third-order valence-corrected chi connectivity index (χ3v) is 6.96. The Morgan fingerprint density at radius 1 is 1.03 bits per heavy atom. The number of carbonyl (C=O) groups is 1. The van der Waals surface area contributed by atoms with Gasteiger partial charge in [-0.1, -0.05) is 44.2 Å². The van der Waals surface area contributed by atoms with Gasteiger partial charge in [0.1, 0.15) is 27.4 Å². The summed E-state index contributed by atoms with van der Waals surface area (Å²) in [5, 5.41) is 8.42. The van der Waals surface area contributed by atoms with Crippen molar-refractivity contribution < 1.29 is 35.9 Å². The number of carbonyl (C=O) groups excluding carboxylic acids is 1. The van der Waals surface area contributed by atoms with Crippen molar-refractivity contribution in [2.24, 2.45) is 5.92 Å². The molecule has 0 heterocycles. The topological polar surface area (TPSA) is 106 Å². The molecule has 2 aromatic rings. The van der Waals surface area contributed by atoms with Crippen LogP contribution < -0.4 is 25.4 Å². The summed E-state index contributed by atoms with van der Waals surface area (Å²) in [4.78, 5) is 13.4. The van der Waals surface area contributed by atoms with Gasteiger partial charge in [0.2, 0.25) is 5.91 Å². The van der Waals surface area contributed by atoms with Gasteiger partial charge in [-0.25, -0.2) is 8.42 Å². The number of halogens is 3. The molecule has 0 spiro atoms. The Morgan fingerprint density at radius 2 is 1.69 bits per heavy atom. The fourth-order valence-electron chi connectivity index (χ4n) is 4.01. The Morgan fingerprint density at radius 3 is 2.23 bits per heavy atom. The summed E-state index contributed by atoms with van der Waals surface area (Å²) in [5.74, 6) is 0.0962. The first-order chi connectivity index (χ1) is 18.2. The molecule has 0 aliphatic carbocycles. The van der Waals surface area contributed by atoms with Crippen LogP contribution >= 0.6 is 0 Å². The van der Waals surface area contributed by atoms with E-state index in [-0.39, 0.29) is 36.6 Å². The van der Waals surface area contributed by atoms with Crippen LogP contribution in [0.3, 0.4) is 0 Å². The van der Waals surface area contributed by atoms with Gasteiger partial charge in [0, 0.05) is 24.9 Å². The highest BCUT2D eigenvalue weighted by atomic mass is 32.2. The predicted molar refractivity (Wildman–Crippen MR) is 146 cm³/mol. The summed E-state index contributed by atoms with van der Waals surface area (Å²) < 4.78 is 76.3. The Labute approximate surface area is 228 Å². The molecule has 0 aromatic heterocycles. The van der Waals surface area contributed by atoms with Crippen molar-refractivity contribution in [2.75, 3.05) is 38.1 Å². The molecule has 218 valence electrons. The van der Waals surface area contributed by atoms with Crippen molar-refractivity contribution in [3.63, 3.8) is 0 Å². The first-order valence-electron chi connectivity index (χ1n) is 12.5. The van der Waals surface area contributed by atoms with Crippen molar-refractivity contribution >= 4 is 21.4 Å². The number of hydrogen-bond acceptors (Lipinski definition) is 7. The second-order valence-corrected chi connectivity index (χ2v) is 12.1. The molecule has 0 radical (unpaired) electrons. The molecule has 2 aromatic carbocycles. The third-order valence-electron chi connectivity index (χ3n) is 5.98. The van der Waals surface area contributed by atoms with Crippen LogP contribution in [-0.2, 0) is 14.6 Å². The quantitative estimate of drug-likeness (QED) is 0.291. The van der Waals surface area contributed by atoms with Gasteiger partial charge >= 0.3 is 6.18 Å². The molecular formula is C27H38F3N3O5S. The average Bonchev–Trinajstić information content (AvgIpc) is 2.86. The van der Waals surface area contributed by atoms with Crippen LogP contribution in [0.25, 0.3) is 0 Å². The maximum Gasteiger partial charge on any atom is 0.407 e. The van der Waals surface area contributed by atoms with E-state index in [0.717, 1.165) is 6.26 Å². The summed E-state index contributed by atoms with van der Waals surface area (Å²) in [5.41, 5.74) is 0.573. The normalized spacial score (nSPS) is 14.4. The van der Waals surface area contributed by atoms with Crippen molar-refractivity contribution in [2.45, 2.75) is 51.0 Å². The maximum atomic E-state index is 14.0.